The number of hydrogen-bond donors (Lipinski definition) is 1. The van der Waals surface area contributed by atoms with Crippen LogP contribution in [0.1, 0.15) is 22.7 Å². The van der Waals surface area contributed by atoms with Gasteiger partial charge in [0.2, 0.25) is 5.95 Å². The second-order valence-corrected chi connectivity index (χ2v) is 6.28. The lowest BCUT2D eigenvalue weighted by molar-refractivity contribution is 0.0943. The van der Waals surface area contributed by atoms with Crippen molar-refractivity contribution in [3.8, 4) is 0 Å². The van der Waals surface area contributed by atoms with Crippen LogP contribution >= 0.6 is 0 Å². The van der Waals surface area contributed by atoms with Gasteiger partial charge in [-0.25, -0.2) is 19.9 Å². The average Bonchev–Trinajstić information content (AvgIpc) is 2.71. The van der Waals surface area contributed by atoms with E-state index in [1.807, 2.05) is 6.07 Å². The number of carbonyl (C=O) groups excluding carboxylic acids is 1. The topological polar surface area (TPSA) is 96.4 Å². The van der Waals surface area contributed by atoms with Crippen LogP contribution in [0, 0.1) is 6.92 Å². The molecule has 1 amide bonds. The molecule has 9 nitrogen and oxygen atoms in total. The zero-order chi connectivity index (χ0) is 19.1. The van der Waals surface area contributed by atoms with Gasteiger partial charge in [0.1, 0.15) is 17.3 Å². The largest absolute Gasteiger partial charge is 0.385 e. The summed E-state index contributed by atoms with van der Waals surface area (Å²) in [5.74, 6) is 1.92. The van der Waals surface area contributed by atoms with Crippen molar-refractivity contribution in [3.63, 3.8) is 0 Å². The maximum atomic E-state index is 12.3. The fourth-order valence-corrected chi connectivity index (χ4v) is 2.93. The fraction of sp³-hybridized carbons (Fsp3) is 0.500. The molecule has 27 heavy (non-hydrogen) atoms. The molecule has 1 N–H and O–H groups in total. The number of anilines is 2. The molecule has 0 bridgehead atoms. The molecule has 3 rings (SSSR count). The van der Waals surface area contributed by atoms with Crippen molar-refractivity contribution in [1.82, 2.24) is 25.3 Å². The van der Waals surface area contributed by atoms with E-state index in [2.05, 4.69) is 35.1 Å². The average molecular weight is 371 g/mol. The Bertz CT molecular complexity index is 749. The monoisotopic (exact) mass is 371 g/mol. The number of nitrogens with zero attached hydrogens (tertiary/aromatic N) is 6. The van der Waals surface area contributed by atoms with Crippen molar-refractivity contribution in [1.29, 1.82) is 0 Å². The Hall–Kier alpha value is -2.81. The number of aromatic nitrogens is 4. The van der Waals surface area contributed by atoms with Gasteiger partial charge in [-0.1, -0.05) is 0 Å². The van der Waals surface area contributed by atoms with Gasteiger partial charge in [-0.15, -0.1) is 0 Å². The number of amides is 1. The lowest BCUT2D eigenvalue weighted by Crippen LogP contribution is -2.47. The number of carbonyl (C=O) groups is 1. The van der Waals surface area contributed by atoms with Gasteiger partial charge in [-0.3, -0.25) is 4.79 Å². The first-order chi connectivity index (χ1) is 13.2. The number of aryl methyl sites for hydroxylation is 1. The second-order valence-electron chi connectivity index (χ2n) is 6.28. The summed E-state index contributed by atoms with van der Waals surface area (Å²) in [4.78, 5) is 34.1. The number of ether oxygens (including phenoxy) is 1. The lowest BCUT2D eigenvalue weighted by atomic mass is 10.3. The predicted molar refractivity (Wildman–Crippen MR) is 102 cm³/mol. The lowest BCUT2D eigenvalue weighted by Gasteiger charge is -2.35. The molecule has 0 atom stereocenters. The SMILES string of the molecule is COCCCNC(=O)c1cc(N2CCN(c3ncccn3)CC2)nc(C)n1. The maximum Gasteiger partial charge on any atom is 0.270 e. The molecule has 2 aromatic rings. The Kier molecular flexibility index (Phi) is 6.48. The van der Waals surface area contributed by atoms with Crippen LogP contribution in [0.3, 0.4) is 0 Å². The molecular weight excluding hydrogens is 346 g/mol. The van der Waals surface area contributed by atoms with Gasteiger partial charge in [-0.05, 0) is 19.4 Å². The minimum absolute atomic E-state index is 0.186. The van der Waals surface area contributed by atoms with Crippen LogP contribution in [-0.2, 0) is 4.74 Å². The quantitative estimate of drug-likeness (QED) is 0.710. The summed E-state index contributed by atoms with van der Waals surface area (Å²) in [6, 6.07) is 3.57. The molecule has 0 aromatic carbocycles. The van der Waals surface area contributed by atoms with Crippen LogP contribution in [-0.4, -0.2) is 72.3 Å². The molecule has 3 heterocycles. The molecule has 1 saturated heterocycles. The molecule has 2 aromatic heterocycles. The minimum Gasteiger partial charge on any atom is -0.385 e. The smallest absolute Gasteiger partial charge is 0.270 e. The Morgan fingerprint density at radius 2 is 1.85 bits per heavy atom. The standard InChI is InChI=1S/C18H25N7O2/c1-14-22-15(17(26)19-7-4-12-27-2)13-16(23-14)24-8-10-25(11-9-24)18-20-5-3-6-21-18/h3,5-6,13H,4,7-12H2,1-2H3,(H,19,26). The number of piperazine rings is 1. The first-order valence-electron chi connectivity index (χ1n) is 9.07. The van der Waals surface area contributed by atoms with Gasteiger partial charge in [0.05, 0.1) is 0 Å². The van der Waals surface area contributed by atoms with Crippen molar-refractivity contribution in [2.75, 3.05) is 56.2 Å². The van der Waals surface area contributed by atoms with Gasteiger partial charge >= 0.3 is 0 Å². The number of nitrogens with one attached hydrogen (secondary N) is 1. The molecule has 9 heteroatoms. The van der Waals surface area contributed by atoms with Gasteiger partial charge in [0.25, 0.3) is 5.91 Å². The first-order valence-corrected chi connectivity index (χ1v) is 9.07. The van der Waals surface area contributed by atoms with E-state index in [4.69, 9.17) is 4.74 Å². The van der Waals surface area contributed by atoms with Crippen LogP contribution < -0.4 is 15.1 Å². The summed E-state index contributed by atoms with van der Waals surface area (Å²) in [7, 11) is 1.64. The highest BCUT2D eigenvalue weighted by atomic mass is 16.5. The van der Waals surface area contributed by atoms with Crippen molar-refractivity contribution >= 4 is 17.7 Å². The molecule has 0 aliphatic carbocycles. The van der Waals surface area contributed by atoms with Crippen LogP contribution in [0.5, 0.6) is 0 Å². The van der Waals surface area contributed by atoms with E-state index in [0.29, 0.717) is 24.7 Å². The summed E-state index contributed by atoms with van der Waals surface area (Å²) in [6.45, 7) is 6.13. The summed E-state index contributed by atoms with van der Waals surface area (Å²) in [6.07, 6.45) is 4.27. The van der Waals surface area contributed by atoms with Crippen LogP contribution in [0.15, 0.2) is 24.5 Å². The molecule has 144 valence electrons. The molecule has 1 aliphatic heterocycles. The first kappa shape index (κ1) is 19.0. The maximum absolute atomic E-state index is 12.3. The van der Waals surface area contributed by atoms with Gasteiger partial charge < -0.3 is 19.9 Å². The van der Waals surface area contributed by atoms with E-state index >= 15 is 0 Å². The predicted octanol–water partition coefficient (Wildman–Crippen LogP) is 0.668. The van der Waals surface area contributed by atoms with E-state index in [9.17, 15) is 4.79 Å². The Morgan fingerprint density at radius 1 is 1.15 bits per heavy atom. The summed E-state index contributed by atoms with van der Waals surface area (Å²) in [5.41, 5.74) is 0.392. The fourth-order valence-electron chi connectivity index (χ4n) is 2.93. The van der Waals surface area contributed by atoms with Gasteiger partial charge in [-0.2, -0.15) is 0 Å². The molecule has 1 aliphatic rings. The van der Waals surface area contributed by atoms with E-state index in [1.54, 1.807) is 32.5 Å². The minimum atomic E-state index is -0.186. The highest BCUT2D eigenvalue weighted by Gasteiger charge is 2.21. The van der Waals surface area contributed by atoms with Crippen molar-refractivity contribution in [2.24, 2.45) is 0 Å². The van der Waals surface area contributed by atoms with Crippen molar-refractivity contribution in [3.05, 3.63) is 36.0 Å². The summed E-state index contributed by atoms with van der Waals surface area (Å²) >= 11 is 0. The summed E-state index contributed by atoms with van der Waals surface area (Å²) in [5, 5.41) is 2.87. The highest BCUT2D eigenvalue weighted by molar-refractivity contribution is 5.92. The molecule has 0 unspecified atom stereocenters. The Balaban J connectivity index is 1.62. The number of methoxy groups -OCH3 is 1. The third-order valence-corrected chi connectivity index (χ3v) is 4.31. The van der Waals surface area contributed by atoms with E-state index in [-0.39, 0.29) is 5.91 Å². The molecule has 0 spiro atoms. The van der Waals surface area contributed by atoms with Gasteiger partial charge in [0, 0.05) is 64.9 Å². The second kappa shape index (κ2) is 9.22. The summed E-state index contributed by atoms with van der Waals surface area (Å²) < 4.78 is 4.99. The van der Waals surface area contributed by atoms with Crippen molar-refractivity contribution < 1.29 is 9.53 Å². The zero-order valence-electron chi connectivity index (χ0n) is 15.8. The number of rotatable bonds is 7. The third-order valence-electron chi connectivity index (χ3n) is 4.31. The van der Waals surface area contributed by atoms with E-state index in [1.165, 1.54) is 0 Å². The van der Waals surface area contributed by atoms with E-state index in [0.717, 1.165) is 44.4 Å². The van der Waals surface area contributed by atoms with Crippen LogP contribution in [0.2, 0.25) is 0 Å². The normalized spacial score (nSPS) is 14.3. The highest BCUT2D eigenvalue weighted by Crippen LogP contribution is 2.17. The Morgan fingerprint density at radius 3 is 2.56 bits per heavy atom. The molecular formula is C18H25N7O2. The molecule has 0 radical (unpaired) electrons. The van der Waals surface area contributed by atoms with Crippen LogP contribution in [0.25, 0.3) is 0 Å². The van der Waals surface area contributed by atoms with Crippen LogP contribution in [0.4, 0.5) is 11.8 Å². The third kappa shape index (κ3) is 5.10. The molecule has 0 saturated carbocycles. The Labute approximate surface area is 158 Å². The van der Waals surface area contributed by atoms with Crippen molar-refractivity contribution in [2.45, 2.75) is 13.3 Å². The number of hydrogen-bond acceptors (Lipinski definition) is 8. The molecule has 1 fully saturated rings. The zero-order valence-corrected chi connectivity index (χ0v) is 15.8. The van der Waals surface area contributed by atoms with Gasteiger partial charge in [0.15, 0.2) is 0 Å². The van der Waals surface area contributed by atoms with E-state index < -0.39 is 0 Å².